The number of halogens is 3. The fraction of sp³-hybridized carbons (Fsp3) is 0.167. The van der Waals surface area contributed by atoms with Gasteiger partial charge in [-0.3, -0.25) is 19.8 Å². The van der Waals surface area contributed by atoms with Gasteiger partial charge >= 0.3 is 6.18 Å². The molecule has 9 heteroatoms. The summed E-state index contributed by atoms with van der Waals surface area (Å²) >= 11 is 0. The highest BCUT2D eigenvalue weighted by Gasteiger charge is 2.40. The SMILES string of the molecule is O=C(NN[C@H]1CC(=O)N(c2cccc(C(F)(F)F)c2)C1=O)c1ccccc1. The van der Waals surface area contributed by atoms with Crippen LogP contribution in [0.5, 0.6) is 0 Å². The first kappa shape index (κ1) is 18.6. The molecule has 1 saturated heterocycles. The van der Waals surface area contributed by atoms with E-state index in [1.54, 1.807) is 30.3 Å². The number of benzene rings is 2. The van der Waals surface area contributed by atoms with Gasteiger partial charge in [-0.25, -0.2) is 10.3 Å². The van der Waals surface area contributed by atoms with Crippen molar-refractivity contribution in [1.82, 2.24) is 10.9 Å². The molecule has 2 aromatic carbocycles. The van der Waals surface area contributed by atoms with Crippen molar-refractivity contribution in [3.63, 3.8) is 0 Å². The second kappa shape index (κ2) is 7.20. The van der Waals surface area contributed by atoms with Crippen molar-refractivity contribution in [2.45, 2.75) is 18.6 Å². The Bertz CT molecular complexity index is 884. The summed E-state index contributed by atoms with van der Waals surface area (Å²) in [7, 11) is 0. The highest BCUT2D eigenvalue weighted by atomic mass is 19.4. The maximum Gasteiger partial charge on any atom is 0.416 e. The summed E-state index contributed by atoms with van der Waals surface area (Å²) in [5.41, 5.74) is 4.01. The largest absolute Gasteiger partial charge is 0.416 e. The van der Waals surface area contributed by atoms with Crippen LogP contribution in [0.25, 0.3) is 0 Å². The van der Waals surface area contributed by atoms with E-state index in [-0.39, 0.29) is 12.1 Å². The Morgan fingerprint density at radius 3 is 2.41 bits per heavy atom. The van der Waals surface area contributed by atoms with Crippen LogP contribution in [0.1, 0.15) is 22.3 Å². The highest BCUT2D eigenvalue weighted by molar-refractivity contribution is 6.22. The molecule has 1 aliphatic rings. The van der Waals surface area contributed by atoms with Gasteiger partial charge in [0.2, 0.25) is 5.91 Å². The van der Waals surface area contributed by atoms with Gasteiger partial charge in [-0.05, 0) is 30.3 Å². The van der Waals surface area contributed by atoms with Crippen LogP contribution < -0.4 is 15.8 Å². The smallest absolute Gasteiger partial charge is 0.287 e. The van der Waals surface area contributed by atoms with E-state index in [0.717, 1.165) is 18.2 Å². The third-order valence-electron chi connectivity index (χ3n) is 3.97. The third-order valence-corrected chi connectivity index (χ3v) is 3.97. The summed E-state index contributed by atoms with van der Waals surface area (Å²) in [6, 6.07) is 11.1. The molecule has 0 saturated carbocycles. The zero-order valence-electron chi connectivity index (χ0n) is 13.8. The van der Waals surface area contributed by atoms with E-state index in [0.29, 0.717) is 10.5 Å². The Labute approximate surface area is 151 Å². The van der Waals surface area contributed by atoms with Crippen molar-refractivity contribution in [2.24, 2.45) is 0 Å². The van der Waals surface area contributed by atoms with Gasteiger partial charge in [0.05, 0.1) is 17.7 Å². The Balaban J connectivity index is 1.71. The van der Waals surface area contributed by atoms with Gasteiger partial charge in [-0.2, -0.15) is 13.2 Å². The maximum atomic E-state index is 12.8. The van der Waals surface area contributed by atoms with Crippen molar-refractivity contribution < 1.29 is 27.6 Å². The first-order chi connectivity index (χ1) is 12.8. The number of imide groups is 1. The highest BCUT2D eigenvalue weighted by Crippen LogP contribution is 2.33. The lowest BCUT2D eigenvalue weighted by molar-refractivity contribution is -0.137. The predicted molar refractivity (Wildman–Crippen MR) is 89.4 cm³/mol. The van der Waals surface area contributed by atoms with Gasteiger partial charge in [-0.1, -0.05) is 24.3 Å². The van der Waals surface area contributed by atoms with Crippen molar-refractivity contribution in [2.75, 3.05) is 4.90 Å². The van der Waals surface area contributed by atoms with E-state index >= 15 is 0 Å². The number of alkyl halides is 3. The van der Waals surface area contributed by atoms with E-state index in [1.165, 1.54) is 6.07 Å². The first-order valence-electron chi connectivity index (χ1n) is 7.92. The van der Waals surface area contributed by atoms with E-state index in [1.807, 2.05) is 0 Å². The number of nitrogens with zero attached hydrogens (tertiary/aromatic N) is 1. The van der Waals surface area contributed by atoms with E-state index in [4.69, 9.17) is 0 Å². The molecule has 3 amide bonds. The lowest BCUT2D eigenvalue weighted by Gasteiger charge is -2.17. The fourth-order valence-corrected chi connectivity index (χ4v) is 2.65. The minimum Gasteiger partial charge on any atom is -0.287 e. The molecule has 2 N–H and O–H groups in total. The normalized spacial score (nSPS) is 17.3. The van der Waals surface area contributed by atoms with Crippen LogP contribution >= 0.6 is 0 Å². The number of hydrazine groups is 1. The van der Waals surface area contributed by atoms with Crippen LogP contribution in [0, 0.1) is 0 Å². The number of carbonyl (C=O) groups is 3. The average Bonchev–Trinajstić information content (AvgIpc) is 2.93. The van der Waals surface area contributed by atoms with Crippen LogP contribution in [0.15, 0.2) is 54.6 Å². The number of carbonyl (C=O) groups excluding carboxylic acids is 3. The molecule has 0 aliphatic carbocycles. The molecular formula is C18H14F3N3O3. The Kier molecular flexibility index (Phi) is 4.95. The van der Waals surface area contributed by atoms with E-state index in [2.05, 4.69) is 10.9 Å². The summed E-state index contributed by atoms with van der Waals surface area (Å²) in [5.74, 6) is -1.91. The summed E-state index contributed by atoms with van der Waals surface area (Å²) in [5, 5.41) is 0. The van der Waals surface area contributed by atoms with E-state index < -0.39 is 35.5 Å². The second-order valence-electron chi connectivity index (χ2n) is 5.84. The maximum absolute atomic E-state index is 12.8. The number of anilines is 1. The molecule has 0 radical (unpaired) electrons. The topological polar surface area (TPSA) is 78.5 Å². The number of hydrogen-bond acceptors (Lipinski definition) is 4. The van der Waals surface area contributed by atoms with Gasteiger partial charge in [0.15, 0.2) is 0 Å². The molecule has 1 heterocycles. The van der Waals surface area contributed by atoms with Crippen LogP contribution in [0.3, 0.4) is 0 Å². The molecule has 3 rings (SSSR count). The Hall–Kier alpha value is -3.20. The molecule has 6 nitrogen and oxygen atoms in total. The summed E-state index contributed by atoms with van der Waals surface area (Å²) in [4.78, 5) is 37.2. The standard InChI is InChI=1S/C18H14F3N3O3/c19-18(20,21)12-7-4-8-13(9-12)24-15(25)10-14(17(24)27)22-23-16(26)11-5-2-1-3-6-11/h1-9,14,22H,10H2,(H,23,26)/t14-/m0/s1. The number of rotatable bonds is 4. The lowest BCUT2D eigenvalue weighted by Crippen LogP contribution is -2.48. The molecule has 0 spiro atoms. The minimum absolute atomic E-state index is 0.168. The molecule has 0 aromatic heterocycles. The molecule has 2 aromatic rings. The molecule has 1 atom stereocenters. The quantitative estimate of drug-likeness (QED) is 0.633. The van der Waals surface area contributed by atoms with Crippen LogP contribution in [0.4, 0.5) is 18.9 Å². The fourth-order valence-electron chi connectivity index (χ4n) is 2.65. The van der Waals surface area contributed by atoms with Crippen molar-refractivity contribution in [1.29, 1.82) is 0 Å². The molecular weight excluding hydrogens is 363 g/mol. The molecule has 27 heavy (non-hydrogen) atoms. The van der Waals surface area contributed by atoms with Crippen molar-refractivity contribution in [3.8, 4) is 0 Å². The second-order valence-corrected chi connectivity index (χ2v) is 5.84. The first-order valence-corrected chi connectivity index (χ1v) is 7.92. The van der Waals surface area contributed by atoms with Gasteiger partial charge < -0.3 is 0 Å². The van der Waals surface area contributed by atoms with Crippen LogP contribution in [-0.4, -0.2) is 23.8 Å². The van der Waals surface area contributed by atoms with Crippen molar-refractivity contribution >= 4 is 23.4 Å². The molecule has 1 aliphatic heterocycles. The van der Waals surface area contributed by atoms with Gasteiger partial charge in [-0.15, -0.1) is 0 Å². The zero-order valence-corrected chi connectivity index (χ0v) is 13.8. The minimum atomic E-state index is -4.59. The number of amides is 3. The zero-order chi connectivity index (χ0) is 19.6. The average molecular weight is 377 g/mol. The molecule has 1 fully saturated rings. The predicted octanol–water partition coefficient (Wildman–Crippen LogP) is 2.27. The van der Waals surface area contributed by atoms with E-state index in [9.17, 15) is 27.6 Å². The number of hydrogen-bond donors (Lipinski definition) is 2. The van der Waals surface area contributed by atoms with Crippen LogP contribution in [-0.2, 0) is 15.8 Å². The summed E-state index contributed by atoms with van der Waals surface area (Å²) in [6.45, 7) is 0. The molecule has 0 unspecified atom stereocenters. The van der Waals surface area contributed by atoms with Crippen LogP contribution in [0.2, 0.25) is 0 Å². The summed E-state index contributed by atoms with van der Waals surface area (Å²) < 4.78 is 38.5. The summed E-state index contributed by atoms with van der Waals surface area (Å²) in [6.07, 6.45) is -4.88. The number of nitrogens with one attached hydrogen (secondary N) is 2. The molecule has 0 bridgehead atoms. The monoisotopic (exact) mass is 377 g/mol. The lowest BCUT2D eigenvalue weighted by atomic mass is 10.2. The van der Waals surface area contributed by atoms with Gasteiger partial charge in [0.1, 0.15) is 6.04 Å². The molecule has 140 valence electrons. The van der Waals surface area contributed by atoms with Gasteiger partial charge in [0, 0.05) is 5.56 Å². The van der Waals surface area contributed by atoms with Gasteiger partial charge in [0.25, 0.3) is 11.8 Å². The third kappa shape index (κ3) is 3.98. The van der Waals surface area contributed by atoms with Crippen molar-refractivity contribution in [3.05, 3.63) is 65.7 Å². The Morgan fingerprint density at radius 2 is 1.74 bits per heavy atom. The Morgan fingerprint density at radius 1 is 1.04 bits per heavy atom.